The second-order valence-electron chi connectivity index (χ2n) is 9.54. The van der Waals surface area contributed by atoms with Gasteiger partial charge in [-0.15, -0.1) is 0 Å². The van der Waals surface area contributed by atoms with E-state index >= 15 is 0 Å². The first-order chi connectivity index (χ1) is 19.4. The summed E-state index contributed by atoms with van der Waals surface area (Å²) in [6.07, 6.45) is 0. The van der Waals surface area contributed by atoms with E-state index in [9.17, 15) is 24.4 Å². The van der Waals surface area contributed by atoms with Gasteiger partial charge in [0.05, 0.1) is 16.4 Å². The van der Waals surface area contributed by atoms with Gasteiger partial charge in [0.2, 0.25) is 0 Å². The zero-order chi connectivity index (χ0) is 28.0. The van der Waals surface area contributed by atoms with E-state index in [1.54, 1.807) is 50.2 Å². The smallest absolute Gasteiger partial charge is 0.261 e. The van der Waals surface area contributed by atoms with Crippen LogP contribution in [0.4, 0.5) is 5.69 Å². The predicted molar refractivity (Wildman–Crippen MR) is 156 cm³/mol. The zero-order valence-corrected chi connectivity index (χ0v) is 22.7. The second kappa shape index (κ2) is 8.41. The standard InChI is InChI=1S/C30H16N4O4S2/c1-3-33-27(35)15-8-6-14-24-20(40-11-31)10-18-22-16(28(36)34(4-2)30(18)38)7-5-13(26(22)24)23-19(32-12-39)9-17(29(33)37)21(15)25(14)23/h5-10H,3-4H2,1-2H3. The lowest BCUT2D eigenvalue weighted by Crippen LogP contribution is -2.40. The fraction of sp³-hybridized carbons (Fsp3) is 0.133. The minimum absolute atomic E-state index is 0.209. The molecular formula is C30H16N4O4S2. The number of carbonyl (C=O) groups is 4. The van der Waals surface area contributed by atoms with Crippen LogP contribution in [-0.2, 0) is 0 Å². The van der Waals surface area contributed by atoms with Gasteiger partial charge in [0.15, 0.2) is 0 Å². The van der Waals surface area contributed by atoms with Crippen LogP contribution in [-0.4, -0.2) is 51.7 Å². The highest BCUT2D eigenvalue weighted by Gasteiger charge is 2.37. The molecule has 5 aromatic rings. The monoisotopic (exact) mass is 560 g/mol. The molecule has 40 heavy (non-hydrogen) atoms. The van der Waals surface area contributed by atoms with Crippen LogP contribution in [0, 0.1) is 10.7 Å². The number of rotatable bonds is 4. The topological polar surface area (TPSA) is 111 Å². The molecule has 0 aliphatic carbocycles. The summed E-state index contributed by atoms with van der Waals surface area (Å²) in [4.78, 5) is 61.0. The highest BCUT2D eigenvalue weighted by Crippen LogP contribution is 2.51. The Morgan fingerprint density at radius 2 is 1.23 bits per heavy atom. The van der Waals surface area contributed by atoms with Crippen molar-refractivity contribution in [2.45, 2.75) is 18.7 Å². The Bertz CT molecular complexity index is 2180. The summed E-state index contributed by atoms with van der Waals surface area (Å²) in [5, 5.41) is 19.2. The molecule has 0 atom stereocenters. The number of isothiocyanates is 1. The van der Waals surface area contributed by atoms with Crippen molar-refractivity contribution in [3.8, 4) is 5.40 Å². The Balaban J connectivity index is 1.81. The van der Waals surface area contributed by atoms with Crippen LogP contribution in [0.2, 0.25) is 0 Å². The van der Waals surface area contributed by atoms with E-state index in [0.717, 1.165) is 11.8 Å². The molecule has 0 N–H and O–H groups in total. The Labute approximate surface area is 236 Å². The number of thioether (sulfide) groups is 1. The molecule has 0 saturated carbocycles. The molecule has 10 heteroatoms. The SMILES string of the molecule is CCN1C(=O)c2ccc3c4c(SC#N)cc5c6c(ccc(c7c(N=C=S)cc(c2c37)C1=O)c64)C(=O)N(CC)C5=O. The molecule has 2 aliphatic rings. The molecule has 2 aliphatic heterocycles. The van der Waals surface area contributed by atoms with Crippen LogP contribution in [0.5, 0.6) is 0 Å². The van der Waals surface area contributed by atoms with E-state index < -0.39 is 11.8 Å². The normalized spacial score (nSPS) is 14.6. The van der Waals surface area contributed by atoms with Crippen molar-refractivity contribution in [1.29, 1.82) is 5.26 Å². The lowest BCUT2D eigenvalue weighted by molar-refractivity contribution is 0.0603. The quantitative estimate of drug-likeness (QED) is 0.0484. The number of fused-ring (bicyclic) bond motifs is 2. The van der Waals surface area contributed by atoms with Crippen molar-refractivity contribution in [2.75, 3.05) is 13.1 Å². The molecular weight excluding hydrogens is 544 g/mol. The second-order valence-corrected chi connectivity index (χ2v) is 10.6. The predicted octanol–water partition coefficient (Wildman–Crippen LogP) is 6.28. The number of aliphatic imine (C=N–C) groups is 1. The molecule has 0 saturated heterocycles. The van der Waals surface area contributed by atoms with Crippen LogP contribution in [0.25, 0.3) is 43.1 Å². The van der Waals surface area contributed by atoms with E-state index in [1.165, 1.54) is 9.80 Å². The number of thiocarbonyl (C=S) groups is 1. The highest BCUT2D eigenvalue weighted by molar-refractivity contribution is 8.04. The van der Waals surface area contributed by atoms with Gasteiger partial charge < -0.3 is 0 Å². The lowest BCUT2D eigenvalue weighted by Gasteiger charge is -2.30. The number of nitrogens with zero attached hydrogens (tertiary/aromatic N) is 4. The molecule has 7 rings (SSSR count). The molecule has 0 radical (unpaired) electrons. The first kappa shape index (κ1) is 24.4. The van der Waals surface area contributed by atoms with Crippen molar-refractivity contribution in [1.82, 2.24) is 9.80 Å². The van der Waals surface area contributed by atoms with Crippen molar-refractivity contribution in [2.24, 2.45) is 4.99 Å². The number of hydrogen-bond acceptors (Lipinski definition) is 8. The Kier molecular flexibility index (Phi) is 5.12. The first-order valence-corrected chi connectivity index (χ1v) is 13.7. The van der Waals surface area contributed by atoms with Crippen molar-refractivity contribution >= 4 is 102 Å². The van der Waals surface area contributed by atoms with E-state index in [1.807, 2.05) is 0 Å². The molecule has 4 amide bonds. The number of hydrogen-bond donors (Lipinski definition) is 0. The van der Waals surface area contributed by atoms with Crippen molar-refractivity contribution in [3.63, 3.8) is 0 Å². The molecule has 5 aromatic carbocycles. The summed E-state index contributed by atoms with van der Waals surface area (Å²) in [5.41, 5.74) is 1.84. The number of imide groups is 2. The van der Waals surface area contributed by atoms with Gasteiger partial charge in [-0.3, -0.25) is 29.0 Å². The molecule has 0 spiro atoms. The van der Waals surface area contributed by atoms with Crippen LogP contribution < -0.4 is 0 Å². The minimum atomic E-state index is -0.428. The van der Waals surface area contributed by atoms with Gasteiger partial charge in [0.25, 0.3) is 23.6 Å². The summed E-state index contributed by atoms with van der Waals surface area (Å²) < 4.78 is 0. The number of carbonyl (C=O) groups excluding carboxylic acids is 4. The molecule has 0 bridgehead atoms. The number of thiocyanates is 1. The number of benzene rings is 5. The average molecular weight is 561 g/mol. The van der Waals surface area contributed by atoms with Crippen LogP contribution >= 0.6 is 24.0 Å². The van der Waals surface area contributed by atoms with Crippen LogP contribution in [0.15, 0.2) is 46.3 Å². The van der Waals surface area contributed by atoms with Gasteiger partial charge in [0, 0.05) is 67.0 Å². The maximum absolute atomic E-state index is 13.5. The van der Waals surface area contributed by atoms with Gasteiger partial charge >= 0.3 is 0 Å². The third-order valence-electron chi connectivity index (χ3n) is 7.90. The van der Waals surface area contributed by atoms with E-state index in [2.05, 4.69) is 15.6 Å². The Morgan fingerprint density at radius 1 is 0.725 bits per heavy atom. The van der Waals surface area contributed by atoms with Crippen molar-refractivity contribution < 1.29 is 19.2 Å². The highest BCUT2D eigenvalue weighted by atomic mass is 32.2. The molecule has 8 nitrogen and oxygen atoms in total. The van der Waals surface area contributed by atoms with E-state index in [0.29, 0.717) is 75.9 Å². The Morgan fingerprint density at radius 3 is 1.75 bits per heavy atom. The first-order valence-electron chi connectivity index (χ1n) is 12.5. The third-order valence-corrected chi connectivity index (χ3v) is 8.63. The zero-order valence-electron chi connectivity index (χ0n) is 21.1. The average Bonchev–Trinajstić information content (AvgIpc) is 2.95. The Hall–Kier alpha value is -4.68. The minimum Gasteiger partial charge on any atom is -0.275 e. The maximum Gasteiger partial charge on any atom is 0.261 e. The van der Waals surface area contributed by atoms with Crippen molar-refractivity contribution in [3.05, 3.63) is 58.7 Å². The van der Waals surface area contributed by atoms with Gasteiger partial charge in [-0.2, -0.15) is 10.3 Å². The number of amides is 4. The molecule has 0 unspecified atom stereocenters. The summed E-state index contributed by atoms with van der Waals surface area (Å²) >= 11 is 5.89. The van der Waals surface area contributed by atoms with Crippen LogP contribution in [0.1, 0.15) is 55.3 Å². The van der Waals surface area contributed by atoms with Crippen LogP contribution in [0.3, 0.4) is 0 Å². The molecule has 192 valence electrons. The van der Waals surface area contributed by atoms with Gasteiger partial charge in [-0.1, -0.05) is 12.1 Å². The summed E-state index contributed by atoms with van der Waals surface area (Å²) in [7, 11) is 0. The largest absolute Gasteiger partial charge is 0.275 e. The van der Waals surface area contributed by atoms with E-state index in [4.69, 9.17) is 12.2 Å². The lowest BCUT2D eigenvalue weighted by atomic mass is 9.81. The number of nitriles is 1. The van der Waals surface area contributed by atoms with Gasteiger partial charge in [-0.05, 0) is 72.9 Å². The fourth-order valence-corrected chi connectivity index (χ4v) is 7.04. The summed E-state index contributed by atoms with van der Waals surface area (Å²) in [5.74, 6) is -1.63. The summed E-state index contributed by atoms with van der Waals surface area (Å²) in [6, 6.07) is 10.3. The summed E-state index contributed by atoms with van der Waals surface area (Å²) in [6.45, 7) is 3.90. The van der Waals surface area contributed by atoms with Gasteiger partial charge in [-0.25, -0.2) is 0 Å². The fourth-order valence-electron chi connectivity index (χ4n) is 6.35. The molecule has 2 heterocycles. The van der Waals surface area contributed by atoms with Gasteiger partial charge in [0.1, 0.15) is 5.40 Å². The maximum atomic E-state index is 13.5. The molecule has 0 aromatic heterocycles. The third kappa shape index (κ3) is 2.81. The van der Waals surface area contributed by atoms with E-state index in [-0.39, 0.29) is 24.9 Å². The molecule has 0 fully saturated rings.